The predicted octanol–water partition coefficient (Wildman–Crippen LogP) is 4.89. The van der Waals surface area contributed by atoms with Crippen molar-refractivity contribution >= 4 is 23.3 Å². The van der Waals surface area contributed by atoms with Crippen molar-refractivity contribution in [2.24, 2.45) is 0 Å². The highest BCUT2D eigenvalue weighted by atomic mass is 32.1. The fourth-order valence-corrected chi connectivity index (χ4v) is 4.75. The molecule has 0 bridgehead atoms. The van der Waals surface area contributed by atoms with Crippen LogP contribution >= 0.6 is 11.3 Å². The Kier molecular flexibility index (Phi) is 5.92. The second-order valence-electron chi connectivity index (χ2n) is 7.62. The Bertz CT molecular complexity index is 1180. The highest BCUT2D eigenvalue weighted by Crippen LogP contribution is 2.33. The molecule has 0 spiro atoms. The Labute approximate surface area is 186 Å². The first-order valence-corrected chi connectivity index (χ1v) is 11.0. The Morgan fingerprint density at radius 2 is 2.16 bits per heavy atom. The minimum Gasteiger partial charge on any atom is -0.495 e. The molecule has 3 heterocycles. The Balaban J connectivity index is 1.59. The van der Waals surface area contributed by atoms with Gasteiger partial charge in [-0.05, 0) is 62.6 Å². The number of hydrogen-bond donors (Lipinski definition) is 0. The normalized spacial score (nSPS) is 16.4. The summed E-state index contributed by atoms with van der Waals surface area (Å²) >= 11 is 1.45. The predicted molar refractivity (Wildman–Crippen MR) is 121 cm³/mol. The molecule has 0 unspecified atom stereocenters. The molecule has 1 atom stereocenters. The van der Waals surface area contributed by atoms with E-state index in [-0.39, 0.29) is 11.9 Å². The number of aromatic nitrogens is 2. The molecule has 0 N–H and O–H groups in total. The maximum Gasteiger partial charge on any atom is 0.250 e. The third kappa shape index (κ3) is 4.25. The lowest BCUT2D eigenvalue weighted by Gasteiger charge is -2.33. The van der Waals surface area contributed by atoms with Gasteiger partial charge in [0.1, 0.15) is 16.7 Å². The lowest BCUT2D eigenvalue weighted by atomic mass is 9.99. The maximum absolute atomic E-state index is 13.2. The first kappa shape index (κ1) is 20.9. The summed E-state index contributed by atoms with van der Waals surface area (Å²) in [6.45, 7) is 4.69. The summed E-state index contributed by atoms with van der Waals surface area (Å²) in [5, 5.41) is 9.09. The fraction of sp³-hybridized carbons (Fsp3) is 0.292. The number of carbonyl (C=O) groups excluding carboxylic acids is 1. The van der Waals surface area contributed by atoms with E-state index in [0.717, 1.165) is 52.5 Å². The summed E-state index contributed by atoms with van der Waals surface area (Å²) in [7, 11) is 1.64. The van der Waals surface area contributed by atoms with E-state index in [1.165, 1.54) is 11.3 Å². The number of thiophene rings is 1. The van der Waals surface area contributed by atoms with Crippen LogP contribution in [0.4, 0.5) is 0 Å². The van der Waals surface area contributed by atoms with Crippen molar-refractivity contribution in [2.45, 2.75) is 32.7 Å². The van der Waals surface area contributed by atoms with Gasteiger partial charge in [0.2, 0.25) is 5.91 Å². The zero-order chi connectivity index (χ0) is 22.0. The number of benzene rings is 1. The first-order chi connectivity index (χ1) is 15.0. The van der Waals surface area contributed by atoms with Gasteiger partial charge in [0.15, 0.2) is 0 Å². The second-order valence-corrected chi connectivity index (χ2v) is 8.73. The minimum atomic E-state index is -0.0512. The molecule has 0 aliphatic carbocycles. The average Bonchev–Trinajstić information content (AvgIpc) is 3.43. The van der Waals surface area contributed by atoms with E-state index in [2.05, 4.69) is 11.1 Å². The highest BCUT2D eigenvalue weighted by Gasteiger charge is 2.28. The molecule has 4 rings (SSSR count). The van der Waals surface area contributed by atoms with Gasteiger partial charge in [-0.2, -0.15) is 5.26 Å². The molecular weight excluding hydrogens is 408 g/mol. The Morgan fingerprint density at radius 3 is 2.84 bits per heavy atom. The van der Waals surface area contributed by atoms with Crippen LogP contribution in [0.15, 0.2) is 48.4 Å². The van der Waals surface area contributed by atoms with E-state index >= 15 is 0 Å². The summed E-state index contributed by atoms with van der Waals surface area (Å²) in [5.74, 6) is 0.779. The lowest BCUT2D eigenvalue weighted by molar-refractivity contribution is -0.130. The number of nitrogens with zero attached hydrogens (tertiary/aromatic N) is 4. The van der Waals surface area contributed by atoms with Crippen LogP contribution in [0, 0.1) is 18.3 Å². The summed E-state index contributed by atoms with van der Waals surface area (Å²) < 4.78 is 7.52. The molecule has 7 heteroatoms. The first-order valence-electron chi connectivity index (χ1n) is 10.2. The van der Waals surface area contributed by atoms with Crippen LogP contribution in [-0.2, 0) is 4.79 Å². The zero-order valence-electron chi connectivity index (χ0n) is 17.8. The third-order valence-corrected chi connectivity index (χ3v) is 6.69. The number of imidazole rings is 1. The zero-order valence-corrected chi connectivity index (χ0v) is 18.6. The van der Waals surface area contributed by atoms with E-state index in [1.54, 1.807) is 13.4 Å². The molecule has 158 valence electrons. The van der Waals surface area contributed by atoms with Crippen LogP contribution < -0.4 is 4.74 Å². The molecule has 0 radical (unpaired) electrons. The van der Waals surface area contributed by atoms with Crippen molar-refractivity contribution in [3.8, 4) is 17.5 Å². The summed E-state index contributed by atoms with van der Waals surface area (Å²) in [6, 6.07) is 11.8. The standard InChI is InChI=1S/C24H24N4O2S/c1-16-14-27(15-26-16)21-8-6-18(12-22(21)30-3)11-19-5-4-10-28(24(19)29)17(2)23-9-7-20(13-25)31-23/h6-9,11-12,14-15,17H,4-5,10H2,1-3H3/b19-11+/t17-/m1/s1. The van der Waals surface area contributed by atoms with Gasteiger partial charge in [-0.15, -0.1) is 11.3 Å². The lowest BCUT2D eigenvalue weighted by Crippen LogP contribution is -2.38. The van der Waals surface area contributed by atoms with E-state index in [1.807, 2.05) is 65.9 Å². The Morgan fingerprint density at radius 1 is 1.32 bits per heavy atom. The number of piperidine rings is 1. The molecule has 31 heavy (non-hydrogen) atoms. The maximum atomic E-state index is 13.2. The van der Waals surface area contributed by atoms with E-state index in [9.17, 15) is 4.79 Å². The van der Waals surface area contributed by atoms with Gasteiger partial charge < -0.3 is 14.2 Å². The van der Waals surface area contributed by atoms with Crippen molar-refractivity contribution in [2.75, 3.05) is 13.7 Å². The van der Waals surface area contributed by atoms with E-state index < -0.39 is 0 Å². The quantitative estimate of drug-likeness (QED) is 0.538. The van der Waals surface area contributed by atoms with Crippen LogP contribution in [0.25, 0.3) is 11.8 Å². The summed E-state index contributed by atoms with van der Waals surface area (Å²) in [4.78, 5) is 21.1. The van der Waals surface area contributed by atoms with Crippen LogP contribution in [0.5, 0.6) is 5.75 Å². The van der Waals surface area contributed by atoms with Crippen molar-refractivity contribution in [1.29, 1.82) is 5.26 Å². The van der Waals surface area contributed by atoms with Gasteiger partial charge in [-0.1, -0.05) is 6.07 Å². The second kappa shape index (κ2) is 8.78. The number of likely N-dealkylation sites (tertiary alicyclic amines) is 1. The number of carbonyl (C=O) groups is 1. The number of methoxy groups -OCH3 is 1. The molecule has 1 aliphatic rings. The van der Waals surface area contributed by atoms with Crippen LogP contribution in [0.1, 0.15) is 46.8 Å². The number of nitriles is 1. The molecule has 1 aliphatic heterocycles. The highest BCUT2D eigenvalue weighted by molar-refractivity contribution is 7.12. The summed E-state index contributed by atoms with van der Waals surface area (Å²) in [5.41, 5.74) is 3.56. The monoisotopic (exact) mass is 432 g/mol. The minimum absolute atomic E-state index is 0.0512. The molecule has 1 saturated heterocycles. The van der Waals surface area contributed by atoms with Crippen molar-refractivity contribution < 1.29 is 9.53 Å². The molecular formula is C24H24N4O2S. The van der Waals surface area contributed by atoms with Gasteiger partial charge >= 0.3 is 0 Å². The van der Waals surface area contributed by atoms with E-state index in [0.29, 0.717) is 4.88 Å². The fourth-order valence-electron chi connectivity index (χ4n) is 3.88. The van der Waals surface area contributed by atoms with Gasteiger partial charge in [-0.25, -0.2) is 4.98 Å². The molecule has 0 saturated carbocycles. The van der Waals surface area contributed by atoms with Gasteiger partial charge in [0.25, 0.3) is 0 Å². The SMILES string of the molecule is COc1cc(/C=C2\CCCN([C@H](C)c3ccc(C#N)s3)C2=O)ccc1-n1cnc(C)c1. The van der Waals surface area contributed by atoms with Gasteiger partial charge in [0, 0.05) is 23.2 Å². The number of ether oxygens (including phenoxy) is 1. The molecule has 6 nitrogen and oxygen atoms in total. The summed E-state index contributed by atoms with van der Waals surface area (Å²) in [6.07, 6.45) is 7.34. The average molecular weight is 433 g/mol. The Hall–Kier alpha value is -3.37. The smallest absolute Gasteiger partial charge is 0.250 e. The molecule has 1 aromatic carbocycles. The van der Waals surface area contributed by atoms with Crippen LogP contribution in [0.2, 0.25) is 0 Å². The largest absolute Gasteiger partial charge is 0.495 e. The number of rotatable bonds is 5. The molecule has 2 aromatic heterocycles. The van der Waals surface area contributed by atoms with Crippen molar-refractivity contribution in [3.63, 3.8) is 0 Å². The number of aryl methyl sites for hydroxylation is 1. The number of amides is 1. The molecule has 3 aromatic rings. The van der Waals surface area contributed by atoms with Crippen molar-refractivity contribution in [1.82, 2.24) is 14.5 Å². The topological polar surface area (TPSA) is 71.2 Å². The van der Waals surface area contributed by atoms with Crippen LogP contribution in [-0.4, -0.2) is 34.0 Å². The molecule has 1 amide bonds. The van der Waals surface area contributed by atoms with E-state index in [4.69, 9.17) is 10.00 Å². The van der Waals surface area contributed by atoms with Gasteiger partial charge in [-0.3, -0.25) is 4.79 Å². The molecule has 1 fully saturated rings. The van der Waals surface area contributed by atoms with Crippen LogP contribution in [0.3, 0.4) is 0 Å². The van der Waals surface area contributed by atoms with Crippen molar-refractivity contribution in [3.05, 3.63) is 69.4 Å². The van der Waals surface area contributed by atoms with Gasteiger partial charge in [0.05, 0.1) is 30.9 Å². The number of hydrogen-bond acceptors (Lipinski definition) is 5. The third-order valence-electron chi connectivity index (χ3n) is 5.53.